The Bertz CT molecular complexity index is 213. The summed E-state index contributed by atoms with van der Waals surface area (Å²) in [5.74, 6) is -0.241. The molecular formula is C10H18BrNO3. The molecule has 0 saturated heterocycles. The van der Waals surface area contributed by atoms with E-state index in [0.717, 1.165) is 12.8 Å². The molecule has 4 nitrogen and oxygen atoms in total. The summed E-state index contributed by atoms with van der Waals surface area (Å²) in [5.41, 5.74) is 0. The molecule has 5 heteroatoms. The van der Waals surface area contributed by atoms with Crippen molar-refractivity contribution in [2.75, 3.05) is 20.8 Å². The number of carbonyl (C=O) groups is 1. The first-order valence-electron chi connectivity index (χ1n) is 5.17. The summed E-state index contributed by atoms with van der Waals surface area (Å²) in [5, 5.41) is 3.32. The molecule has 0 aliphatic heterocycles. The average molecular weight is 280 g/mol. The molecule has 1 saturated carbocycles. The van der Waals surface area contributed by atoms with Gasteiger partial charge in [0.1, 0.15) is 4.83 Å². The van der Waals surface area contributed by atoms with E-state index >= 15 is 0 Å². The molecular weight excluding hydrogens is 262 g/mol. The van der Waals surface area contributed by atoms with Crippen LogP contribution in [-0.2, 0) is 14.3 Å². The van der Waals surface area contributed by atoms with E-state index in [1.807, 2.05) is 0 Å². The van der Waals surface area contributed by atoms with Gasteiger partial charge in [0.05, 0.1) is 13.2 Å². The highest BCUT2D eigenvalue weighted by molar-refractivity contribution is 9.10. The third kappa shape index (κ3) is 3.74. The molecule has 0 aromatic carbocycles. The Kier molecular flexibility index (Phi) is 5.56. The lowest BCUT2D eigenvalue weighted by molar-refractivity contribution is -0.139. The number of alkyl halides is 1. The van der Waals surface area contributed by atoms with Gasteiger partial charge >= 0.3 is 5.97 Å². The summed E-state index contributed by atoms with van der Waals surface area (Å²) >= 11 is 3.27. The fourth-order valence-electron chi connectivity index (χ4n) is 1.91. The SMILES string of the molecule is COC(=O)C(Br)CNC1CCCC1OC. The van der Waals surface area contributed by atoms with Gasteiger partial charge in [0.25, 0.3) is 0 Å². The van der Waals surface area contributed by atoms with E-state index in [0.29, 0.717) is 12.6 Å². The molecule has 1 aliphatic rings. The largest absolute Gasteiger partial charge is 0.468 e. The van der Waals surface area contributed by atoms with Gasteiger partial charge in [-0.1, -0.05) is 15.9 Å². The van der Waals surface area contributed by atoms with E-state index in [4.69, 9.17) is 4.74 Å². The highest BCUT2D eigenvalue weighted by atomic mass is 79.9. The molecule has 0 radical (unpaired) electrons. The molecule has 1 rings (SSSR count). The number of ether oxygens (including phenoxy) is 2. The Morgan fingerprint density at radius 3 is 2.87 bits per heavy atom. The Morgan fingerprint density at radius 1 is 1.53 bits per heavy atom. The van der Waals surface area contributed by atoms with Crippen LogP contribution in [0.2, 0.25) is 0 Å². The van der Waals surface area contributed by atoms with Crippen LogP contribution in [0.15, 0.2) is 0 Å². The number of hydrogen-bond acceptors (Lipinski definition) is 4. The second-order valence-electron chi connectivity index (χ2n) is 3.71. The van der Waals surface area contributed by atoms with Crippen molar-refractivity contribution in [3.05, 3.63) is 0 Å². The van der Waals surface area contributed by atoms with Crippen LogP contribution < -0.4 is 5.32 Å². The zero-order valence-corrected chi connectivity index (χ0v) is 10.7. The van der Waals surface area contributed by atoms with Crippen molar-refractivity contribution in [1.29, 1.82) is 0 Å². The lowest BCUT2D eigenvalue weighted by Gasteiger charge is -2.20. The molecule has 1 fully saturated rings. The first-order chi connectivity index (χ1) is 7.19. The van der Waals surface area contributed by atoms with Crippen LogP contribution in [0.4, 0.5) is 0 Å². The summed E-state index contributed by atoms with van der Waals surface area (Å²) in [6.45, 7) is 0.581. The maximum absolute atomic E-state index is 11.1. The molecule has 88 valence electrons. The van der Waals surface area contributed by atoms with Crippen LogP contribution in [0.3, 0.4) is 0 Å². The van der Waals surface area contributed by atoms with Gasteiger partial charge in [-0.25, -0.2) is 0 Å². The van der Waals surface area contributed by atoms with Gasteiger partial charge in [-0.15, -0.1) is 0 Å². The van der Waals surface area contributed by atoms with Gasteiger partial charge in [0.15, 0.2) is 0 Å². The third-order valence-electron chi connectivity index (χ3n) is 2.77. The zero-order valence-electron chi connectivity index (χ0n) is 9.16. The quantitative estimate of drug-likeness (QED) is 0.604. The van der Waals surface area contributed by atoms with E-state index in [-0.39, 0.29) is 16.9 Å². The Labute approximate surface area is 98.8 Å². The molecule has 0 aromatic heterocycles. The number of esters is 1. The summed E-state index contributed by atoms with van der Waals surface area (Å²) in [7, 11) is 3.13. The van der Waals surface area contributed by atoms with Crippen LogP contribution in [-0.4, -0.2) is 43.7 Å². The van der Waals surface area contributed by atoms with Crippen LogP contribution in [0.1, 0.15) is 19.3 Å². The van der Waals surface area contributed by atoms with Crippen molar-refractivity contribution in [1.82, 2.24) is 5.32 Å². The summed E-state index contributed by atoms with van der Waals surface area (Å²) in [6, 6.07) is 0.361. The fourth-order valence-corrected chi connectivity index (χ4v) is 2.28. The van der Waals surface area contributed by atoms with E-state index in [1.54, 1.807) is 7.11 Å². The molecule has 3 unspecified atom stereocenters. The molecule has 0 bridgehead atoms. The molecule has 15 heavy (non-hydrogen) atoms. The fraction of sp³-hybridized carbons (Fsp3) is 0.900. The van der Waals surface area contributed by atoms with E-state index in [1.165, 1.54) is 13.5 Å². The van der Waals surface area contributed by atoms with Gasteiger partial charge in [-0.2, -0.15) is 0 Å². The highest BCUT2D eigenvalue weighted by Gasteiger charge is 2.27. The Balaban J connectivity index is 2.27. The number of nitrogens with one attached hydrogen (secondary N) is 1. The molecule has 0 heterocycles. The predicted molar refractivity (Wildman–Crippen MR) is 61.2 cm³/mol. The molecule has 0 spiro atoms. The van der Waals surface area contributed by atoms with Gasteiger partial charge in [-0.3, -0.25) is 4.79 Å². The first-order valence-corrected chi connectivity index (χ1v) is 6.08. The number of halogens is 1. The van der Waals surface area contributed by atoms with Crippen molar-refractivity contribution in [2.45, 2.75) is 36.2 Å². The second kappa shape index (κ2) is 6.45. The highest BCUT2D eigenvalue weighted by Crippen LogP contribution is 2.21. The van der Waals surface area contributed by atoms with E-state index in [9.17, 15) is 4.79 Å². The van der Waals surface area contributed by atoms with Crippen LogP contribution in [0.25, 0.3) is 0 Å². The van der Waals surface area contributed by atoms with Gasteiger partial charge in [0, 0.05) is 19.7 Å². The smallest absolute Gasteiger partial charge is 0.320 e. The molecule has 1 N–H and O–H groups in total. The normalized spacial score (nSPS) is 27.7. The predicted octanol–water partition coefficient (Wildman–Crippen LogP) is 1.08. The standard InChI is InChI=1S/C10H18BrNO3/c1-14-9-5-3-4-8(9)12-6-7(11)10(13)15-2/h7-9,12H,3-6H2,1-2H3. The first kappa shape index (κ1) is 12.9. The monoisotopic (exact) mass is 279 g/mol. The number of hydrogen-bond donors (Lipinski definition) is 1. The lowest BCUT2D eigenvalue weighted by atomic mass is 10.2. The van der Waals surface area contributed by atoms with Gasteiger partial charge in [0.2, 0.25) is 0 Å². The number of rotatable bonds is 5. The van der Waals surface area contributed by atoms with Crippen LogP contribution in [0.5, 0.6) is 0 Å². The second-order valence-corrected chi connectivity index (χ2v) is 4.82. The summed E-state index contributed by atoms with van der Waals surface area (Å²) in [6.07, 6.45) is 3.67. The Morgan fingerprint density at radius 2 is 2.27 bits per heavy atom. The van der Waals surface area contributed by atoms with Crippen molar-refractivity contribution in [3.63, 3.8) is 0 Å². The van der Waals surface area contributed by atoms with Crippen LogP contribution in [0, 0.1) is 0 Å². The van der Waals surface area contributed by atoms with Crippen molar-refractivity contribution < 1.29 is 14.3 Å². The van der Waals surface area contributed by atoms with Crippen LogP contribution >= 0.6 is 15.9 Å². The zero-order chi connectivity index (χ0) is 11.3. The van der Waals surface area contributed by atoms with Crippen molar-refractivity contribution in [3.8, 4) is 0 Å². The maximum atomic E-state index is 11.1. The lowest BCUT2D eigenvalue weighted by Crippen LogP contribution is -2.41. The minimum Gasteiger partial charge on any atom is -0.468 e. The maximum Gasteiger partial charge on any atom is 0.320 e. The number of methoxy groups -OCH3 is 2. The van der Waals surface area contributed by atoms with E-state index in [2.05, 4.69) is 26.0 Å². The minimum atomic E-state index is -0.277. The Hall–Kier alpha value is -0.130. The van der Waals surface area contributed by atoms with Gasteiger partial charge in [-0.05, 0) is 19.3 Å². The van der Waals surface area contributed by atoms with Crippen molar-refractivity contribution in [2.24, 2.45) is 0 Å². The molecule has 0 aromatic rings. The third-order valence-corrected chi connectivity index (χ3v) is 3.47. The summed E-state index contributed by atoms with van der Waals surface area (Å²) < 4.78 is 9.97. The average Bonchev–Trinajstić information content (AvgIpc) is 2.71. The van der Waals surface area contributed by atoms with Gasteiger partial charge < -0.3 is 14.8 Å². The number of carbonyl (C=O) groups excluding carboxylic acids is 1. The van der Waals surface area contributed by atoms with E-state index < -0.39 is 0 Å². The summed E-state index contributed by atoms with van der Waals surface area (Å²) in [4.78, 5) is 10.9. The van der Waals surface area contributed by atoms with Crippen molar-refractivity contribution >= 4 is 21.9 Å². The molecule has 3 atom stereocenters. The molecule has 0 amide bonds. The topological polar surface area (TPSA) is 47.6 Å². The minimum absolute atomic E-state index is 0.241. The molecule has 1 aliphatic carbocycles.